The number of carboxylic acids is 1. The van der Waals surface area contributed by atoms with Crippen LogP contribution in [0.1, 0.15) is 18.4 Å². The molecule has 2 unspecified atom stereocenters. The van der Waals surface area contributed by atoms with Gasteiger partial charge in [-0.2, -0.15) is 0 Å². The van der Waals surface area contributed by atoms with E-state index in [1.54, 1.807) is 0 Å². The zero-order chi connectivity index (χ0) is 10.8. The monoisotopic (exact) mass is 224 g/mol. The molecule has 0 heterocycles. The lowest BCUT2D eigenvalue weighted by molar-refractivity contribution is -0.147. The molecule has 0 aromatic heterocycles. The average Bonchev–Trinajstić information content (AvgIpc) is 2.11. The van der Waals surface area contributed by atoms with Crippen LogP contribution in [0.4, 0.5) is 0 Å². The first-order chi connectivity index (χ1) is 7.16. The van der Waals surface area contributed by atoms with Crippen molar-refractivity contribution in [2.75, 3.05) is 0 Å². The molecule has 0 saturated heterocycles. The summed E-state index contributed by atoms with van der Waals surface area (Å²) in [7, 11) is 0. The topological polar surface area (TPSA) is 37.3 Å². The van der Waals surface area contributed by atoms with Gasteiger partial charge in [-0.3, -0.25) is 4.79 Å². The highest BCUT2D eigenvalue weighted by Gasteiger charge is 2.36. The van der Waals surface area contributed by atoms with Gasteiger partial charge in [0.05, 0.1) is 5.92 Å². The van der Waals surface area contributed by atoms with Gasteiger partial charge in [0, 0.05) is 5.02 Å². The van der Waals surface area contributed by atoms with Crippen molar-refractivity contribution < 1.29 is 9.90 Å². The first-order valence-corrected chi connectivity index (χ1v) is 5.52. The molecule has 15 heavy (non-hydrogen) atoms. The number of halogens is 1. The van der Waals surface area contributed by atoms with Crippen LogP contribution in [0.15, 0.2) is 24.3 Å². The SMILES string of the molecule is O=C(O)C1CCC1Cc1cccc(Cl)c1. The van der Waals surface area contributed by atoms with E-state index < -0.39 is 5.97 Å². The van der Waals surface area contributed by atoms with Gasteiger partial charge in [-0.05, 0) is 42.9 Å². The van der Waals surface area contributed by atoms with Crippen LogP contribution in [0.25, 0.3) is 0 Å². The highest BCUT2D eigenvalue weighted by molar-refractivity contribution is 6.30. The number of carbonyl (C=O) groups is 1. The van der Waals surface area contributed by atoms with Crippen molar-refractivity contribution in [3.05, 3.63) is 34.9 Å². The third-order valence-electron chi connectivity index (χ3n) is 3.12. The molecule has 80 valence electrons. The number of benzene rings is 1. The third-order valence-corrected chi connectivity index (χ3v) is 3.36. The lowest BCUT2D eigenvalue weighted by atomic mass is 9.71. The van der Waals surface area contributed by atoms with Crippen LogP contribution in [0.3, 0.4) is 0 Å². The fourth-order valence-electron chi connectivity index (χ4n) is 2.11. The van der Waals surface area contributed by atoms with Crippen molar-refractivity contribution in [2.45, 2.75) is 19.3 Å². The minimum absolute atomic E-state index is 0.149. The summed E-state index contributed by atoms with van der Waals surface area (Å²) in [6.07, 6.45) is 2.67. The molecule has 0 spiro atoms. The Kier molecular flexibility index (Phi) is 2.96. The van der Waals surface area contributed by atoms with Crippen LogP contribution in [0, 0.1) is 11.8 Å². The largest absolute Gasteiger partial charge is 0.481 e. The van der Waals surface area contributed by atoms with Gasteiger partial charge in [0.1, 0.15) is 0 Å². The van der Waals surface area contributed by atoms with E-state index in [0.29, 0.717) is 5.92 Å². The Hall–Kier alpha value is -1.02. The smallest absolute Gasteiger partial charge is 0.306 e. The van der Waals surface area contributed by atoms with Gasteiger partial charge in [-0.15, -0.1) is 0 Å². The van der Waals surface area contributed by atoms with Gasteiger partial charge in [0.15, 0.2) is 0 Å². The summed E-state index contributed by atoms with van der Waals surface area (Å²) >= 11 is 5.87. The second-order valence-electron chi connectivity index (χ2n) is 4.12. The van der Waals surface area contributed by atoms with Gasteiger partial charge in [-0.1, -0.05) is 23.7 Å². The number of carboxylic acid groups (broad SMARTS) is 1. The summed E-state index contributed by atoms with van der Waals surface area (Å²) in [5.41, 5.74) is 1.14. The lowest BCUT2D eigenvalue weighted by Crippen LogP contribution is -2.34. The van der Waals surface area contributed by atoms with Crippen molar-refractivity contribution in [1.82, 2.24) is 0 Å². The van der Waals surface area contributed by atoms with Crippen molar-refractivity contribution in [2.24, 2.45) is 11.8 Å². The normalized spacial score (nSPS) is 24.6. The van der Waals surface area contributed by atoms with E-state index in [2.05, 4.69) is 0 Å². The number of aliphatic carboxylic acids is 1. The number of rotatable bonds is 3. The van der Waals surface area contributed by atoms with Crippen molar-refractivity contribution >= 4 is 17.6 Å². The molecule has 1 aromatic rings. The predicted molar refractivity (Wildman–Crippen MR) is 59.0 cm³/mol. The summed E-state index contributed by atoms with van der Waals surface area (Å²) in [4.78, 5) is 10.8. The van der Waals surface area contributed by atoms with Crippen molar-refractivity contribution in [3.63, 3.8) is 0 Å². The molecule has 1 fully saturated rings. The highest BCUT2D eigenvalue weighted by Crippen LogP contribution is 2.37. The van der Waals surface area contributed by atoms with Gasteiger partial charge in [0.25, 0.3) is 0 Å². The van der Waals surface area contributed by atoms with E-state index in [1.807, 2.05) is 24.3 Å². The van der Waals surface area contributed by atoms with E-state index in [1.165, 1.54) is 0 Å². The van der Waals surface area contributed by atoms with E-state index in [0.717, 1.165) is 29.8 Å². The Morgan fingerprint density at radius 1 is 1.47 bits per heavy atom. The molecule has 2 rings (SSSR count). The van der Waals surface area contributed by atoms with Crippen LogP contribution >= 0.6 is 11.6 Å². The fourth-order valence-corrected chi connectivity index (χ4v) is 2.32. The van der Waals surface area contributed by atoms with Crippen LogP contribution in [-0.2, 0) is 11.2 Å². The minimum atomic E-state index is -0.659. The van der Waals surface area contributed by atoms with Gasteiger partial charge >= 0.3 is 5.97 Å². The molecule has 1 aliphatic rings. The van der Waals surface area contributed by atoms with E-state index in [9.17, 15) is 4.79 Å². The molecular weight excluding hydrogens is 212 g/mol. The zero-order valence-electron chi connectivity index (χ0n) is 8.32. The van der Waals surface area contributed by atoms with Gasteiger partial charge in [0.2, 0.25) is 0 Å². The molecule has 0 radical (unpaired) electrons. The molecule has 0 aliphatic heterocycles. The van der Waals surface area contributed by atoms with Crippen molar-refractivity contribution in [3.8, 4) is 0 Å². The van der Waals surface area contributed by atoms with Crippen LogP contribution in [-0.4, -0.2) is 11.1 Å². The summed E-state index contributed by atoms with van der Waals surface area (Å²) in [6, 6.07) is 7.66. The Bertz CT molecular complexity index is 376. The summed E-state index contributed by atoms with van der Waals surface area (Å²) in [5.74, 6) is -0.516. The number of hydrogen-bond donors (Lipinski definition) is 1. The van der Waals surface area contributed by atoms with Crippen LogP contribution in [0.2, 0.25) is 5.02 Å². The molecule has 1 aliphatic carbocycles. The Morgan fingerprint density at radius 3 is 2.80 bits per heavy atom. The molecule has 1 saturated carbocycles. The van der Waals surface area contributed by atoms with Gasteiger partial charge < -0.3 is 5.11 Å². The summed E-state index contributed by atoms with van der Waals surface area (Å²) in [5, 5.41) is 9.63. The number of hydrogen-bond acceptors (Lipinski definition) is 1. The fraction of sp³-hybridized carbons (Fsp3) is 0.417. The lowest BCUT2D eigenvalue weighted by Gasteiger charge is -2.33. The Labute approximate surface area is 93.9 Å². The maximum atomic E-state index is 10.8. The molecule has 1 aromatic carbocycles. The van der Waals surface area contributed by atoms with Gasteiger partial charge in [-0.25, -0.2) is 0 Å². The zero-order valence-corrected chi connectivity index (χ0v) is 9.07. The van der Waals surface area contributed by atoms with Crippen molar-refractivity contribution in [1.29, 1.82) is 0 Å². The summed E-state index contributed by atoms with van der Waals surface area (Å²) < 4.78 is 0. The van der Waals surface area contributed by atoms with Crippen LogP contribution < -0.4 is 0 Å². The molecule has 1 N–H and O–H groups in total. The van der Waals surface area contributed by atoms with E-state index in [-0.39, 0.29) is 5.92 Å². The quantitative estimate of drug-likeness (QED) is 0.857. The Morgan fingerprint density at radius 2 is 2.27 bits per heavy atom. The van der Waals surface area contributed by atoms with Crippen LogP contribution in [0.5, 0.6) is 0 Å². The second kappa shape index (κ2) is 4.23. The highest BCUT2D eigenvalue weighted by atomic mass is 35.5. The first-order valence-electron chi connectivity index (χ1n) is 5.14. The summed E-state index contributed by atoms with van der Waals surface area (Å²) in [6.45, 7) is 0. The molecule has 0 amide bonds. The molecule has 2 nitrogen and oxygen atoms in total. The predicted octanol–water partition coefficient (Wildman–Crippen LogP) is 2.99. The van der Waals surface area contributed by atoms with E-state index in [4.69, 9.17) is 16.7 Å². The maximum Gasteiger partial charge on any atom is 0.306 e. The molecule has 2 atom stereocenters. The molecule has 3 heteroatoms. The molecular formula is C12H13ClO2. The Balaban J connectivity index is 2.00. The standard InChI is InChI=1S/C12H13ClO2/c13-10-3-1-2-8(7-10)6-9-4-5-11(9)12(14)15/h1-3,7,9,11H,4-6H2,(H,14,15). The average molecular weight is 225 g/mol. The molecule has 0 bridgehead atoms. The first kappa shape index (κ1) is 10.5. The van der Waals surface area contributed by atoms with E-state index >= 15 is 0 Å². The second-order valence-corrected chi connectivity index (χ2v) is 4.55. The minimum Gasteiger partial charge on any atom is -0.481 e. The third kappa shape index (κ3) is 2.32. The maximum absolute atomic E-state index is 10.8.